The average molecular weight is 507 g/mol. The van der Waals surface area contributed by atoms with E-state index in [0.29, 0.717) is 0 Å². The topological polar surface area (TPSA) is 32.3 Å². The van der Waals surface area contributed by atoms with E-state index in [2.05, 4.69) is 126 Å². The van der Waals surface area contributed by atoms with E-state index in [1.54, 1.807) is 0 Å². The molecular weight excluding hydrogens is 464 g/mol. The van der Waals surface area contributed by atoms with Gasteiger partial charge in [-0.15, -0.1) is 6.58 Å². The first-order valence-corrected chi connectivity index (χ1v) is 14.4. The number of rotatable bonds is 4. The van der Waals surface area contributed by atoms with Crippen LogP contribution in [0, 0.1) is 5.41 Å². The minimum Gasteiger partial charge on any atom is -0.301 e. The molecule has 0 amide bonds. The van der Waals surface area contributed by atoms with Gasteiger partial charge in [0, 0.05) is 33.0 Å². The number of hydrogen-bond acceptors (Lipinski definition) is 4. The molecule has 0 spiro atoms. The molecule has 1 aromatic heterocycles. The highest BCUT2D eigenvalue weighted by molar-refractivity contribution is 5.87. The van der Waals surface area contributed by atoms with Crippen LogP contribution in [0.3, 0.4) is 0 Å². The van der Waals surface area contributed by atoms with E-state index in [4.69, 9.17) is 9.97 Å². The van der Waals surface area contributed by atoms with Gasteiger partial charge in [0.25, 0.3) is 0 Å². The summed E-state index contributed by atoms with van der Waals surface area (Å²) in [5.41, 5.74) is 5.69. The van der Waals surface area contributed by atoms with Gasteiger partial charge >= 0.3 is 0 Å². The molecule has 3 unspecified atom stereocenters. The molecule has 38 heavy (non-hydrogen) atoms. The van der Waals surface area contributed by atoms with Crippen LogP contribution in [0.15, 0.2) is 67.3 Å². The van der Waals surface area contributed by atoms with Crippen LogP contribution in [0.4, 0.5) is 23.0 Å². The summed E-state index contributed by atoms with van der Waals surface area (Å²) in [5.74, 6) is 1.97. The number of allylic oxidation sites excluding steroid dienone is 1. The molecule has 2 aromatic carbocycles. The van der Waals surface area contributed by atoms with E-state index in [-0.39, 0.29) is 27.8 Å². The Labute approximate surface area is 228 Å². The van der Waals surface area contributed by atoms with Gasteiger partial charge in [0.2, 0.25) is 0 Å². The van der Waals surface area contributed by atoms with Gasteiger partial charge in [-0.1, -0.05) is 90.9 Å². The third-order valence-electron chi connectivity index (χ3n) is 10.4. The van der Waals surface area contributed by atoms with E-state index in [1.165, 1.54) is 11.3 Å². The molecule has 3 heterocycles. The number of aromatic nitrogens is 2. The number of para-hydroxylation sites is 2. The van der Waals surface area contributed by atoms with E-state index < -0.39 is 0 Å². The Morgan fingerprint density at radius 1 is 0.789 bits per heavy atom. The zero-order chi connectivity index (χ0) is 27.1. The molecule has 3 aromatic rings. The van der Waals surface area contributed by atoms with Gasteiger partial charge in [-0.2, -0.15) is 0 Å². The Morgan fingerprint density at radius 2 is 1.34 bits per heavy atom. The lowest BCUT2D eigenvalue weighted by Crippen LogP contribution is -2.62. The van der Waals surface area contributed by atoms with Crippen molar-refractivity contribution in [2.75, 3.05) is 9.80 Å². The fraction of sp³-hybridized carbons (Fsp3) is 0.471. The molecule has 0 N–H and O–H groups in total. The maximum absolute atomic E-state index is 5.60. The summed E-state index contributed by atoms with van der Waals surface area (Å²) in [6.45, 7) is 20.9. The lowest BCUT2D eigenvalue weighted by atomic mass is 9.54. The zero-order valence-electron chi connectivity index (χ0n) is 24.2. The zero-order valence-corrected chi connectivity index (χ0v) is 24.2. The Hall–Kier alpha value is -3.14. The van der Waals surface area contributed by atoms with Gasteiger partial charge in [-0.25, -0.2) is 9.97 Å². The second kappa shape index (κ2) is 8.18. The molecule has 0 saturated carbocycles. The monoisotopic (exact) mass is 506 g/mol. The predicted molar refractivity (Wildman–Crippen MR) is 159 cm³/mol. The number of anilines is 4. The minimum atomic E-state index is -0.188. The number of benzene rings is 2. The van der Waals surface area contributed by atoms with E-state index in [1.807, 2.05) is 0 Å². The molecule has 0 bridgehead atoms. The summed E-state index contributed by atoms with van der Waals surface area (Å²) >= 11 is 0. The highest BCUT2D eigenvalue weighted by Crippen LogP contribution is 2.64. The van der Waals surface area contributed by atoms with Crippen molar-refractivity contribution in [1.82, 2.24) is 9.97 Å². The van der Waals surface area contributed by atoms with Crippen molar-refractivity contribution in [2.45, 2.75) is 96.6 Å². The Bertz CT molecular complexity index is 1410. The third kappa shape index (κ3) is 3.03. The van der Waals surface area contributed by atoms with Crippen LogP contribution in [-0.2, 0) is 16.2 Å². The largest absolute Gasteiger partial charge is 0.301 e. The molecule has 0 radical (unpaired) electrons. The summed E-state index contributed by atoms with van der Waals surface area (Å²) in [6, 6.07) is 19.8. The van der Waals surface area contributed by atoms with E-state index >= 15 is 0 Å². The Kier molecular flexibility index (Phi) is 5.41. The lowest BCUT2D eigenvalue weighted by Gasteiger charge is -2.58. The third-order valence-corrected chi connectivity index (χ3v) is 10.4. The molecule has 3 aliphatic rings. The van der Waals surface area contributed by atoms with E-state index in [0.717, 1.165) is 54.4 Å². The molecule has 1 aliphatic carbocycles. The molecule has 0 saturated heterocycles. The van der Waals surface area contributed by atoms with Crippen molar-refractivity contribution in [2.24, 2.45) is 5.41 Å². The number of fused-ring (bicyclic) bond motifs is 6. The van der Waals surface area contributed by atoms with Crippen molar-refractivity contribution >= 4 is 23.0 Å². The molecule has 198 valence electrons. The molecular formula is C34H42N4. The van der Waals surface area contributed by atoms with Gasteiger partial charge in [-0.05, 0) is 49.4 Å². The van der Waals surface area contributed by atoms with Crippen molar-refractivity contribution in [1.29, 1.82) is 0 Å². The highest BCUT2D eigenvalue weighted by Gasteiger charge is 2.62. The van der Waals surface area contributed by atoms with Crippen LogP contribution in [0.2, 0.25) is 0 Å². The number of nitrogens with zero attached hydrogens (tertiary/aromatic N) is 4. The summed E-state index contributed by atoms with van der Waals surface area (Å²) in [4.78, 5) is 16.2. The Morgan fingerprint density at radius 3 is 1.89 bits per heavy atom. The van der Waals surface area contributed by atoms with Crippen molar-refractivity contribution < 1.29 is 0 Å². The predicted octanol–water partition coefficient (Wildman–Crippen LogP) is 8.71. The highest BCUT2D eigenvalue weighted by atomic mass is 15.5. The standard InChI is InChI=1S/C34H42N4/c1-9-33(8)30-37(23-17-13-12-14-18-23)28-29(36-27-26(35-28)31(4,5)21-22-32(27,6)7)38(30)25-20-16-15-19-24(25)34(33,10-2)11-3/h10,12-20,30H,2,9,11,21-22H2,1,3-8H3. The summed E-state index contributed by atoms with van der Waals surface area (Å²) in [7, 11) is 0. The quantitative estimate of drug-likeness (QED) is 0.331. The fourth-order valence-electron chi connectivity index (χ4n) is 7.74. The molecule has 4 heteroatoms. The normalized spacial score (nSPS) is 28.2. The van der Waals surface area contributed by atoms with Gasteiger partial charge in [-0.3, -0.25) is 0 Å². The van der Waals surface area contributed by atoms with Gasteiger partial charge in [0.1, 0.15) is 6.17 Å². The van der Waals surface area contributed by atoms with Crippen LogP contribution in [0.1, 0.15) is 91.1 Å². The SMILES string of the molecule is C=CC1(CC)c2ccccc2N2c3nc4c(nc3N(c3ccccc3)C2C1(C)CC)C(C)(C)CCC4(C)C. The van der Waals surface area contributed by atoms with Gasteiger partial charge in [0.05, 0.1) is 11.4 Å². The van der Waals surface area contributed by atoms with Crippen LogP contribution in [0.25, 0.3) is 0 Å². The Balaban J connectivity index is 1.74. The molecule has 3 atom stereocenters. The number of hydrogen-bond donors (Lipinski definition) is 0. The van der Waals surface area contributed by atoms with Crippen LogP contribution >= 0.6 is 0 Å². The van der Waals surface area contributed by atoms with E-state index in [9.17, 15) is 0 Å². The molecule has 2 aliphatic heterocycles. The van der Waals surface area contributed by atoms with Crippen molar-refractivity contribution in [3.05, 3.63) is 84.2 Å². The summed E-state index contributed by atoms with van der Waals surface area (Å²) in [5, 5.41) is 0. The molecule has 4 nitrogen and oxygen atoms in total. The summed E-state index contributed by atoms with van der Waals surface area (Å²) in [6.07, 6.45) is 6.47. The second-order valence-electron chi connectivity index (χ2n) is 13.1. The van der Waals surface area contributed by atoms with Crippen LogP contribution in [-0.4, -0.2) is 16.1 Å². The van der Waals surface area contributed by atoms with Gasteiger partial charge in [0.15, 0.2) is 11.6 Å². The maximum Gasteiger partial charge on any atom is 0.179 e. The van der Waals surface area contributed by atoms with Crippen molar-refractivity contribution in [3.63, 3.8) is 0 Å². The fourth-order valence-corrected chi connectivity index (χ4v) is 7.74. The first kappa shape index (κ1) is 25.2. The first-order valence-electron chi connectivity index (χ1n) is 14.4. The summed E-state index contributed by atoms with van der Waals surface area (Å²) < 4.78 is 0. The molecule has 0 fully saturated rings. The van der Waals surface area contributed by atoms with Crippen LogP contribution < -0.4 is 9.80 Å². The average Bonchev–Trinajstić information content (AvgIpc) is 3.27. The minimum absolute atomic E-state index is 0.0137. The smallest absolute Gasteiger partial charge is 0.179 e. The maximum atomic E-state index is 5.60. The first-order chi connectivity index (χ1) is 18.1. The van der Waals surface area contributed by atoms with Crippen LogP contribution in [0.5, 0.6) is 0 Å². The van der Waals surface area contributed by atoms with Gasteiger partial charge < -0.3 is 9.80 Å². The second-order valence-corrected chi connectivity index (χ2v) is 13.1. The molecule has 6 rings (SSSR count). The van der Waals surface area contributed by atoms with Crippen molar-refractivity contribution in [3.8, 4) is 0 Å². The lowest BCUT2D eigenvalue weighted by molar-refractivity contribution is 0.120.